The number of nitrogens with one attached hydrogen (secondary N) is 2. The Morgan fingerprint density at radius 3 is 2.89 bits per heavy atom. The zero-order chi connectivity index (χ0) is 13.0. The van der Waals surface area contributed by atoms with E-state index in [2.05, 4.69) is 39.0 Å². The molecule has 2 rings (SSSR count). The molecule has 0 amide bonds. The highest BCUT2D eigenvalue weighted by atomic mass is 32.1. The van der Waals surface area contributed by atoms with Gasteiger partial charge in [-0.25, -0.2) is 4.98 Å². The van der Waals surface area contributed by atoms with Crippen LogP contribution in [0, 0.1) is 6.92 Å². The van der Waals surface area contributed by atoms with Crippen molar-refractivity contribution in [2.45, 2.75) is 26.8 Å². The van der Waals surface area contributed by atoms with Gasteiger partial charge in [-0.1, -0.05) is 6.92 Å². The molecule has 0 aliphatic heterocycles. The number of hydrogen-bond donors (Lipinski definition) is 2. The number of thiophene rings is 1. The fourth-order valence-electron chi connectivity index (χ4n) is 1.78. The van der Waals surface area contributed by atoms with E-state index in [1.54, 1.807) is 11.3 Å². The Morgan fingerprint density at radius 1 is 1.33 bits per heavy atom. The zero-order valence-corrected chi connectivity index (χ0v) is 11.8. The molecule has 2 aromatic heterocycles. The van der Waals surface area contributed by atoms with Gasteiger partial charge in [-0.3, -0.25) is 0 Å². The number of aromatic nitrogens is 2. The summed E-state index contributed by atoms with van der Waals surface area (Å²) in [4.78, 5) is 10.0. The van der Waals surface area contributed by atoms with Crippen molar-refractivity contribution in [3.8, 4) is 0 Å². The molecule has 5 heteroatoms. The Balaban J connectivity index is 2.08. The molecule has 0 unspecified atom stereocenters. The van der Waals surface area contributed by atoms with E-state index in [4.69, 9.17) is 0 Å². The van der Waals surface area contributed by atoms with Gasteiger partial charge in [0.2, 0.25) is 5.95 Å². The Labute approximate surface area is 111 Å². The first-order valence-electron chi connectivity index (χ1n) is 6.05. The maximum atomic E-state index is 4.38. The van der Waals surface area contributed by atoms with E-state index in [0.717, 1.165) is 24.5 Å². The Bertz CT molecular complexity index is 521. The second-order valence-electron chi connectivity index (χ2n) is 4.04. The third-order valence-corrected chi connectivity index (χ3v) is 3.69. The summed E-state index contributed by atoms with van der Waals surface area (Å²) >= 11 is 1.79. The highest BCUT2D eigenvalue weighted by molar-refractivity contribution is 7.10. The molecular formula is C13H18N4S. The van der Waals surface area contributed by atoms with E-state index in [0.29, 0.717) is 5.95 Å². The van der Waals surface area contributed by atoms with Gasteiger partial charge in [-0.05, 0) is 30.4 Å². The summed E-state index contributed by atoms with van der Waals surface area (Å²) in [6.45, 7) is 4.97. The SMILES string of the molecule is CCc1ccsc1CNc1cc(C)nc(NC)n1. The van der Waals surface area contributed by atoms with Gasteiger partial charge in [-0.2, -0.15) is 4.98 Å². The monoisotopic (exact) mass is 262 g/mol. The molecule has 0 aromatic carbocycles. The lowest BCUT2D eigenvalue weighted by atomic mass is 10.2. The highest BCUT2D eigenvalue weighted by Crippen LogP contribution is 2.19. The minimum atomic E-state index is 0.652. The Morgan fingerprint density at radius 2 is 2.17 bits per heavy atom. The average molecular weight is 262 g/mol. The molecular weight excluding hydrogens is 244 g/mol. The summed E-state index contributed by atoms with van der Waals surface area (Å²) < 4.78 is 0. The first-order valence-corrected chi connectivity index (χ1v) is 6.93. The smallest absolute Gasteiger partial charge is 0.224 e. The minimum Gasteiger partial charge on any atom is -0.365 e. The predicted octanol–water partition coefficient (Wildman–Crippen LogP) is 3.06. The number of anilines is 2. The minimum absolute atomic E-state index is 0.652. The van der Waals surface area contributed by atoms with E-state index >= 15 is 0 Å². The van der Waals surface area contributed by atoms with Crippen molar-refractivity contribution in [2.24, 2.45) is 0 Å². The lowest BCUT2D eigenvalue weighted by Gasteiger charge is -2.08. The van der Waals surface area contributed by atoms with Crippen molar-refractivity contribution >= 4 is 23.1 Å². The van der Waals surface area contributed by atoms with Crippen molar-refractivity contribution in [1.29, 1.82) is 0 Å². The molecule has 0 saturated carbocycles. The maximum Gasteiger partial charge on any atom is 0.224 e. The van der Waals surface area contributed by atoms with Gasteiger partial charge in [0.05, 0.1) is 6.54 Å². The summed E-state index contributed by atoms with van der Waals surface area (Å²) in [5.74, 6) is 1.52. The molecule has 0 bridgehead atoms. The Kier molecular flexibility index (Phi) is 4.15. The van der Waals surface area contributed by atoms with Crippen LogP contribution in [-0.2, 0) is 13.0 Å². The van der Waals surface area contributed by atoms with Crippen LogP contribution in [0.1, 0.15) is 23.1 Å². The van der Waals surface area contributed by atoms with Crippen LogP contribution < -0.4 is 10.6 Å². The van der Waals surface area contributed by atoms with Crippen molar-refractivity contribution < 1.29 is 0 Å². The number of aryl methyl sites for hydroxylation is 2. The van der Waals surface area contributed by atoms with Crippen molar-refractivity contribution in [1.82, 2.24) is 9.97 Å². The zero-order valence-electron chi connectivity index (χ0n) is 10.9. The molecule has 0 radical (unpaired) electrons. The molecule has 2 aromatic rings. The molecule has 0 aliphatic rings. The molecule has 0 fully saturated rings. The first kappa shape index (κ1) is 12.8. The van der Waals surface area contributed by atoms with Gasteiger partial charge in [0.1, 0.15) is 5.82 Å². The molecule has 0 aliphatic carbocycles. The summed E-state index contributed by atoms with van der Waals surface area (Å²) in [7, 11) is 1.83. The average Bonchev–Trinajstić information content (AvgIpc) is 2.83. The third-order valence-electron chi connectivity index (χ3n) is 2.73. The largest absolute Gasteiger partial charge is 0.365 e. The fraction of sp³-hybridized carbons (Fsp3) is 0.385. The van der Waals surface area contributed by atoms with Gasteiger partial charge >= 0.3 is 0 Å². The first-order chi connectivity index (χ1) is 8.72. The van der Waals surface area contributed by atoms with Crippen LogP contribution in [0.25, 0.3) is 0 Å². The van der Waals surface area contributed by atoms with Crippen molar-refractivity contribution in [2.75, 3.05) is 17.7 Å². The van der Waals surface area contributed by atoms with E-state index in [1.165, 1.54) is 10.4 Å². The van der Waals surface area contributed by atoms with Crippen LogP contribution in [0.5, 0.6) is 0 Å². The Hall–Kier alpha value is -1.62. The lowest BCUT2D eigenvalue weighted by molar-refractivity contribution is 1.04. The molecule has 0 spiro atoms. The lowest BCUT2D eigenvalue weighted by Crippen LogP contribution is -2.05. The maximum absolute atomic E-state index is 4.38. The summed E-state index contributed by atoms with van der Waals surface area (Å²) in [6, 6.07) is 4.14. The van der Waals surface area contributed by atoms with Crippen LogP contribution in [0.3, 0.4) is 0 Å². The van der Waals surface area contributed by atoms with Crippen molar-refractivity contribution in [3.05, 3.63) is 33.6 Å². The van der Waals surface area contributed by atoms with Gasteiger partial charge in [0, 0.05) is 23.7 Å². The second kappa shape index (κ2) is 5.82. The molecule has 0 atom stereocenters. The van der Waals surface area contributed by atoms with E-state index < -0.39 is 0 Å². The topological polar surface area (TPSA) is 49.8 Å². The van der Waals surface area contributed by atoms with Crippen molar-refractivity contribution in [3.63, 3.8) is 0 Å². The summed E-state index contributed by atoms with van der Waals surface area (Å²) in [5.41, 5.74) is 2.37. The number of rotatable bonds is 5. The molecule has 2 N–H and O–H groups in total. The summed E-state index contributed by atoms with van der Waals surface area (Å²) in [6.07, 6.45) is 1.07. The number of nitrogens with zero attached hydrogens (tertiary/aromatic N) is 2. The van der Waals surface area contributed by atoms with Gasteiger partial charge < -0.3 is 10.6 Å². The van der Waals surface area contributed by atoms with Crippen LogP contribution >= 0.6 is 11.3 Å². The second-order valence-corrected chi connectivity index (χ2v) is 5.04. The van der Waals surface area contributed by atoms with Crippen LogP contribution in [-0.4, -0.2) is 17.0 Å². The van der Waals surface area contributed by atoms with Gasteiger partial charge in [0.15, 0.2) is 0 Å². The van der Waals surface area contributed by atoms with E-state index in [-0.39, 0.29) is 0 Å². The molecule has 2 heterocycles. The normalized spacial score (nSPS) is 10.4. The highest BCUT2D eigenvalue weighted by Gasteiger charge is 2.04. The van der Waals surface area contributed by atoms with Crippen LogP contribution in [0.2, 0.25) is 0 Å². The number of hydrogen-bond acceptors (Lipinski definition) is 5. The quantitative estimate of drug-likeness (QED) is 0.869. The third kappa shape index (κ3) is 2.98. The molecule has 4 nitrogen and oxygen atoms in total. The van der Waals surface area contributed by atoms with Gasteiger partial charge in [-0.15, -0.1) is 11.3 Å². The summed E-state index contributed by atoms with van der Waals surface area (Å²) in [5, 5.41) is 8.46. The fourth-order valence-corrected chi connectivity index (χ4v) is 2.69. The predicted molar refractivity (Wildman–Crippen MR) is 77.3 cm³/mol. The van der Waals surface area contributed by atoms with E-state index in [1.807, 2.05) is 20.0 Å². The van der Waals surface area contributed by atoms with Gasteiger partial charge in [0.25, 0.3) is 0 Å². The van der Waals surface area contributed by atoms with Crippen LogP contribution in [0.15, 0.2) is 17.5 Å². The molecule has 96 valence electrons. The standard InChI is InChI=1S/C13H18N4S/c1-4-10-5-6-18-11(10)8-15-12-7-9(2)16-13(14-3)17-12/h5-7H,4,8H2,1-3H3,(H2,14,15,16,17). The molecule has 18 heavy (non-hydrogen) atoms. The molecule has 0 saturated heterocycles. The van der Waals surface area contributed by atoms with E-state index in [9.17, 15) is 0 Å². The van der Waals surface area contributed by atoms with Crippen LogP contribution in [0.4, 0.5) is 11.8 Å².